The minimum atomic E-state index is -0.174. The molecule has 33 heavy (non-hydrogen) atoms. The number of fused-ring (bicyclic) bond motifs is 2. The van der Waals surface area contributed by atoms with E-state index in [9.17, 15) is 4.79 Å². The summed E-state index contributed by atoms with van der Waals surface area (Å²) in [6.45, 7) is 0. The van der Waals surface area contributed by atoms with Gasteiger partial charge in [-0.2, -0.15) is 0 Å². The van der Waals surface area contributed by atoms with Gasteiger partial charge in [0.2, 0.25) is 0 Å². The van der Waals surface area contributed by atoms with E-state index in [-0.39, 0.29) is 5.56 Å². The monoisotopic (exact) mass is 433 g/mol. The van der Waals surface area contributed by atoms with Crippen LogP contribution in [-0.4, -0.2) is 19.5 Å². The number of rotatable bonds is 4. The molecule has 7 heteroatoms. The van der Waals surface area contributed by atoms with E-state index in [0.29, 0.717) is 29.4 Å². The molecule has 4 aromatic rings. The molecule has 0 amide bonds. The summed E-state index contributed by atoms with van der Waals surface area (Å²) >= 11 is 0. The number of nitrogen functional groups attached to an aromatic ring is 1. The molecule has 0 bridgehead atoms. The molecule has 2 aliphatic heterocycles. The van der Waals surface area contributed by atoms with Crippen LogP contribution in [0.3, 0.4) is 0 Å². The number of nitrogens with zero attached hydrogens (tertiary/aromatic N) is 3. The number of aromatic nitrogens is 4. The van der Waals surface area contributed by atoms with Gasteiger partial charge in [0.05, 0.1) is 29.6 Å². The molecule has 2 aliphatic rings. The van der Waals surface area contributed by atoms with Crippen LogP contribution >= 0.6 is 0 Å². The highest BCUT2D eigenvalue weighted by atomic mass is 16.3. The van der Waals surface area contributed by atoms with Crippen LogP contribution in [0, 0.1) is 0 Å². The number of aromatic amines is 1. The Balaban J connectivity index is 1.63. The first-order chi connectivity index (χ1) is 16.2. The third kappa shape index (κ3) is 3.27. The zero-order valence-corrected chi connectivity index (χ0v) is 17.5. The summed E-state index contributed by atoms with van der Waals surface area (Å²) in [7, 11) is 0. The van der Waals surface area contributed by atoms with Crippen molar-refractivity contribution in [3.63, 3.8) is 0 Å². The number of H-pyrrole nitrogens is 1. The van der Waals surface area contributed by atoms with Crippen molar-refractivity contribution in [2.75, 3.05) is 5.73 Å². The lowest BCUT2D eigenvalue weighted by molar-refractivity contribution is 0.519. The maximum atomic E-state index is 13.4. The highest BCUT2D eigenvalue weighted by Gasteiger charge is 2.22. The van der Waals surface area contributed by atoms with Gasteiger partial charge in [-0.25, -0.2) is 4.98 Å². The summed E-state index contributed by atoms with van der Waals surface area (Å²) < 4.78 is 7.05. The van der Waals surface area contributed by atoms with Crippen LogP contribution in [0.1, 0.15) is 11.5 Å². The summed E-state index contributed by atoms with van der Waals surface area (Å²) in [4.78, 5) is 26.1. The average molecular weight is 433 g/mol. The number of pyridine rings is 1. The van der Waals surface area contributed by atoms with Crippen LogP contribution in [0.15, 0.2) is 94.6 Å². The second-order valence-electron chi connectivity index (χ2n) is 7.85. The maximum absolute atomic E-state index is 13.4. The van der Waals surface area contributed by atoms with Gasteiger partial charge in [0.1, 0.15) is 11.5 Å². The lowest BCUT2D eigenvalue weighted by atomic mass is 10.0. The minimum Gasteiger partial charge on any atom is -0.469 e. The summed E-state index contributed by atoms with van der Waals surface area (Å²) in [5, 5.41) is 0.968. The highest BCUT2D eigenvalue weighted by Crippen LogP contribution is 2.33. The van der Waals surface area contributed by atoms with E-state index < -0.39 is 0 Å². The highest BCUT2D eigenvalue weighted by molar-refractivity contribution is 5.95. The van der Waals surface area contributed by atoms with Crippen LogP contribution in [-0.2, 0) is 6.42 Å². The van der Waals surface area contributed by atoms with Gasteiger partial charge >= 0.3 is 0 Å². The number of para-hydroxylation sites is 1. The van der Waals surface area contributed by atoms with Gasteiger partial charge in [-0.05, 0) is 42.0 Å². The number of nitrogens with one attached hydrogen (secondary N) is 1. The quantitative estimate of drug-likeness (QED) is 0.394. The lowest BCUT2D eigenvalue weighted by Crippen LogP contribution is -2.16. The topological polar surface area (TPSA) is 103 Å². The Kier molecular flexibility index (Phi) is 4.33. The van der Waals surface area contributed by atoms with Crippen LogP contribution in [0.2, 0.25) is 0 Å². The van der Waals surface area contributed by atoms with E-state index >= 15 is 0 Å². The number of nitrogens with two attached hydrogens (primary N) is 1. The molecule has 0 spiro atoms. The summed E-state index contributed by atoms with van der Waals surface area (Å²) in [6, 6.07) is 21.0. The van der Waals surface area contributed by atoms with Crippen molar-refractivity contribution in [2.24, 2.45) is 0 Å². The van der Waals surface area contributed by atoms with Crippen molar-refractivity contribution < 1.29 is 4.42 Å². The second kappa shape index (κ2) is 7.49. The van der Waals surface area contributed by atoms with Gasteiger partial charge < -0.3 is 15.1 Å². The number of benzene rings is 2. The number of anilines is 1. The molecule has 4 heterocycles. The molecule has 0 saturated carbocycles. The molecule has 0 aliphatic carbocycles. The van der Waals surface area contributed by atoms with Crippen molar-refractivity contribution >= 4 is 16.6 Å². The standard InChI is InChI=1S/C26H19N5O2/c27-17-9-7-16(8-10-17)23-15-31-25(30-22(26(31)32)14-18-4-3-13-33-18)24(29-23)20-11-12-28-21-6-2-1-5-19(20)21/h1-13,15,29H,14,27H2. The van der Waals surface area contributed by atoms with Crippen molar-refractivity contribution in [2.45, 2.75) is 6.42 Å². The first kappa shape index (κ1) is 19.1. The molecule has 0 unspecified atom stereocenters. The van der Waals surface area contributed by atoms with Crippen LogP contribution < -0.4 is 11.3 Å². The lowest BCUT2D eigenvalue weighted by Gasteiger charge is -2.15. The van der Waals surface area contributed by atoms with Gasteiger partial charge in [0, 0.05) is 29.0 Å². The Labute approximate surface area is 188 Å². The number of hydrogen-bond donors (Lipinski definition) is 2. The summed E-state index contributed by atoms with van der Waals surface area (Å²) in [5.41, 5.74) is 11.0. The fourth-order valence-electron chi connectivity index (χ4n) is 4.12. The van der Waals surface area contributed by atoms with Crippen molar-refractivity contribution in [3.05, 3.63) is 107 Å². The SMILES string of the molecule is Nc1ccc(-c2cn3c(=O)c(Cc4ccco4)nc-3c(-c3ccnc4ccccc34)[nH]2)cc1. The molecule has 0 saturated heterocycles. The second-order valence-corrected chi connectivity index (χ2v) is 7.85. The molecule has 2 aromatic carbocycles. The van der Waals surface area contributed by atoms with Gasteiger partial charge in [0.25, 0.3) is 5.56 Å². The average Bonchev–Trinajstić information content (AvgIpc) is 3.47. The summed E-state index contributed by atoms with van der Waals surface area (Å²) in [5.74, 6) is 1.24. The predicted octanol–water partition coefficient (Wildman–Crippen LogP) is 4.65. The van der Waals surface area contributed by atoms with E-state index in [1.54, 1.807) is 29.3 Å². The maximum Gasteiger partial charge on any atom is 0.278 e. The number of furan rings is 1. The van der Waals surface area contributed by atoms with Crippen LogP contribution in [0.4, 0.5) is 5.69 Å². The van der Waals surface area contributed by atoms with Gasteiger partial charge in [0.15, 0.2) is 5.82 Å². The van der Waals surface area contributed by atoms with E-state index in [4.69, 9.17) is 15.1 Å². The van der Waals surface area contributed by atoms with Crippen molar-refractivity contribution in [1.29, 1.82) is 0 Å². The first-order valence-electron chi connectivity index (χ1n) is 10.5. The van der Waals surface area contributed by atoms with Crippen LogP contribution in [0.5, 0.6) is 0 Å². The minimum absolute atomic E-state index is 0.174. The number of imidazole rings is 1. The molecule has 3 N–H and O–H groups in total. The zero-order chi connectivity index (χ0) is 22.4. The van der Waals surface area contributed by atoms with Gasteiger partial charge in [-0.1, -0.05) is 30.3 Å². The number of hydrogen-bond acceptors (Lipinski definition) is 5. The Morgan fingerprint density at radius 3 is 2.67 bits per heavy atom. The normalized spacial score (nSPS) is 11.4. The largest absolute Gasteiger partial charge is 0.469 e. The summed E-state index contributed by atoms with van der Waals surface area (Å²) in [6.07, 6.45) is 5.47. The third-order valence-corrected chi connectivity index (χ3v) is 5.74. The Morgan fingerprint density at radius 1 is 1.00 bits per heavy atom. The van der Waals surface area contributed by atoms with Gasteiger partial charge in [-0.15, -0.1) is 0 Å². The molecular formula is C26H19N5O2. The van der Waals surface area contributed by atoms with Gasteiger partial charge in [-0.3, -0.25) is 14.3 Å². The Morgan fingerprint density at radius 2 is 1.85 bits per heavy atom. The van der Waals surface area contributed by atoms with Crippen molar-refractivity contribution in [3.8, 4) is 28.3 Å². The molecular weight excluding hydrogens is 414 g/mol. The van der Waals surface area contributed by atoms with Crippen LogP contribution in [0.25, 0.3) is 39.2 Å². The smallest absolute Gasteiger partial charge is 0.278 e. The van der Waals surface area contributed by atoms with E-state index in [1.165, 1.54) is 0 Å². The fourth-order valence-corrected chi connectivity index (χ4v) is 4.12. The molecule has 0 atom stereocenters. The van der Waals surface area contributed by atoms with Crippen molar-refractivity contribution in [1.82, 2.24) is 19.5 Å². The molecule has 0 fully saturated rings. The molecule has 2 aromatic heterocycles. The fraction of sp³-hybridized carbons (Fsp3) is 0.0385. The Hall–Kier alpha value is -4.65. The molecule has 0 radical (unpaired) electrons. The van der Waals surface area contributed by atoms with E-state index in [2.05, 4.69) is 9.97 Å². The molecule has 7 nitrogen and oxygen atoms in total. The third-order valence-electron chi connectivity index (χ3n) is 5.74. The van der Waals surface area contributed by atoms with E-state index in [1.807, 2.05) is 60.7 Å². The molecule has 160 valence electrons. The first-order valence-corrected chi connectivity index (χ1v) is 10.5. The Bertz CT molecular complexity index is 1610. The van der Waals surface area contributed by atoms with E-state index in [0.717, 1.165) is 33.4 Å². The predicted molar refractivity (Wildman–Crippen MR) is 127 cm³/mol. The zero-order valence-electron chi connectivity index (χ0n) is 17.5. The molecule has 6 rings (SSSR count).